The van der Waals surface area contributed by atoms with Crippen molar-refractivity contribution in [3.63, 3.8) is 0 Å². The van der Waals surface area contributed by atoms with Crippen LogP contribution in [0.15, 0.2) is 0 Å². The number of epoxide rings is 1. The first-order chi connectivity index (χ1) is 7.27. The maximum Gasteiger partial charge on any atom is 0.397 e. The second-order valence-corrected chi connectivity index (χ2v) is 3.73. The summed E-state index contributed by atoms with van der Waals surface area (Å²) >= 11 is 0. The second kappa shape index (κ2) is 4.83. The maximum absolute atomic E-state index is 13.2. The summed E-state index contributed by atoms with van der Waals surface area (Å²) in [6.07, 6.45) is -5.81. The third kappa shape index (κ3) is 3.86. The molecule has 0 spiro atoms. The monoisotopic (exact) mass is 248 g/mol. The van der Waals surface area contributed by atoms with Crippen LogP contribution >= 0.6 is 0 Å². The Morgan fingerprint density at radius 3 is 2.25 bits per heavy atom. The first kappa shape index (κ1) is 13.6. The van der Waals surface area contributed by atoms with Crippen molar-refractivity contribution in [2.24, 2.45) is 5.92 Å². The molecule has 7 heteroatoms. The average molecular weight is 248 g/mol. The molecule has 2 nitrogen and oxygen atoms in total. The van der Waals surface area contributed by atoms with Crippen LogP contribution in [0.2, 0.25) is 0 Å². The van der Waals surface area contributed by atoms with Gasteiger partial charge in [0.15, 0.2) is 0 Å². The molecule has 1 heterocycles. The van der Waals surface area contributed by atoms with Gasteiger partial charge >= 0.3 is 6.18 Å². The SMILES string of the molecule is CCC(C(F)(F)F)C(F)(F)COCC1CO1. The van der Waals surface area contributed by atoms with Gasteiger partial charge in [0, 0.05) is 0 Å². The second-order valence-electron chi connectivity index (χ2n) is 3.73. The Morgan fingerprint density at radius 1 is 1.31 bits per heavy atom. The van der Waals surface area contributed by atoms with Gasteiger partial charge in [-0.25, -0.2) is 8.78 Å². The first-order valence-electron chi connectivity index (χ1n) is 4.91. The quantitative estimate of drug-likeness (QED) is 0.532. The molecule has 2 unspecified atom stereocenters. The molecular formula is C9H13F5O2. The van der Waals surface area contributed by atoms with Crippen LogP contribution < -0.4 is 0 Å². The van der Waals surface area contributed by atoms with E-state index in [1.54, 1.807) is 0 Å². The molecule has 0 bridgehead atoms. The zero-order valence-electron chi connectivity index (χ0n) is 8.69. The van der Waals surface area contributed by atoms with Crippen LogP contribution in [0.1, 0.15) is 13.3 Å². The Bertz CT molecular complexity index is 224. The van der Waals surface area contributed by atoms with Crippen molar-refractivity contribution in [2.75, 3.05) is 19.8 Å². The summed E-state index contributed by atoms with van der Waals surface area (Å²) in [4.78, 5) is 0. The number of hydrogen-bond acceptors (Lipinski definition) is 2. The van der Waals surface area contributed by atoms with Crippen molar-refractivity contribution >= 4 is 0 Å². The van der Waals surface area contributed by atoms with Gasteiger partial charge in [0.2, 0.25) is 0 Å². The van der Waals surface area contributed by atoms with E-state index in [9.17, 15) is 22.0 Å². The van der Waals surface area contributed by atoms with E-state index < -0.39 is 31.0 Å². The Labute approximate surface area is 89.7 Å². The molecule has 2 atom stereocenters. The van der Waals surface area contributed by atoms with E-state index in [1.807, 2.05) is 0 Å². The smallest absolute Gasteiger partial charge is 0.372 e. The lowest BCUT2D eigenvalue weighted by Gasteiger charge is -2.27. The lowest BCUT2D eigenvalue weighted by Crippen LogP contribution is -2.42. The van der Waals surface area contributed by atoms with Gasteiger partial charge in [0.1, 0.15) is 18.6 Å². The molecule has 0 amide bonds. The zero-order chi connectivity index (χ0) is 12.4. The van der Waals surface area contributed by atoms with Gasteiger partial charge in [-0.2, -0.15) is 13.2 Å². The highest BCUT2D eigenvalue weighted by atomic mass is 19.4. The lowest BCUT2D eigenvalue weighted by atomic mass is 9.98. The van der Waals surface area contributed by atoms with Crippen LogP contribution in [0.4, 0.5) is 22.0 Å². The minimum Gasteiger partial charge on any atom is -0.372 e. The van der Waals surface area contributed by atoms with E-state index in [2.05, 4.69) is 9.47 Å². The van der Waals surface area contributed by atoms with Crippen molar-refractivity contribution in [3.05, 3.63) is 0 Å². The molecule has 1 saturated heterocycles. The van der Waals surface area contributed by atoms with Crippen LogP contribution in [0.25, 0.3) is 0 Å². The van der Waals surface area contributed by atoms with Gasteiger partial charge in [0.25, 0.3) is 5.92 Å². The fraction of sp³-hybridized carbons (Fsp3) is 1.00. The molecular weight excluding hydrogens is 235 g/mol. The summed E-state index contributed by atoms with van der Waals surface area (Å²) in [5.41, 5.74) is 0. The summed E-state index contributed by atoms with van der Waals surface area (Å²) in [6.45, 7) is 0.201. The standard InChI is InChI=1S/C9H13F5O2/c1-2-7(9(12,13)14)8(10,11)5-15-3-6-4-16-6/h6-7H,2-5H2,1H3. The average Bonchev–Trinajstić information content (AvgIpc) is 2.85. The summed E-state index contributed by atoms with van der Waals surface area (Å²) in [7, 11) is 0. The number of alkyl halides is 5. The number of ether oxygens (including phenoxy) is 2. The zero-order valence-corrected chi connectivity index (χ0v) is 8.69. The molecule has 0 aromatic carbocycles. The summed E-state index contributed by atoms with van der Waals surface area (Å²) in [5.74, 6) is -6.54. The van der Waals surface area contributed by atoms with E-state index in [-0.39, 0.29) is 12.7 Å². The van der Waals surface area contributed by atoms with E-state index in [0.29, 0.717) is 6.61 Å². The van der Waals surface area contributed by atoms with Crippen LogP contribution in [0, 0.1) is 5.92 Å². The Morgan fingerprint density at radius 2 is 1.88 bits per heavy atom. The molecule has 0 aliphatic carbocycles. The Hall–Kier alpha value is -0.430. The largest absolute Gasteiger partial charge is 0.397 e. The summed E-state index contributed by atoms with van der Waals surface area (Å²) in [6, 6.07) is 0. The van der Waals surface area contributed by atoms with Crippen LogP contribution in [0.3, 0.4) is 0 Å². The predicted octanol–water partition coefficient (Wildman–Crippen LogP) is 2.63. The normalized spacial score (nSPS) is 23.2. The molecule has 0 radical (unpaired) electrons. The van der Waals surface area contributed by atoms with Gasteiger partial charge in [-0.05, 0) is 6.42 Å². The topological polar surface area (TPSA) is 21.8 Å². The first-order valence-corrected chi connectivity index (χ1v) is 4.91. The molecule has 16 heavy (non-hydrogen) atoms. The highest BCUT2D eigenvalue weighted by Gasteiger charge is 2.54. The molecule has 0 aromatic heterocycles. The third-order valence-corrected chi connectivity index (χ3v) is 2.31. The lowest BCUT2D eigenvalue weighted by molar-refractivity contribution is -0.252. The van der Waals surface area contributed by atoms with Gasteiger partial charge in [-0.1, -0.05) is 6.92 Å². The van der Waals surface area contributed by atoms with E-state index in [1.165, 1.54) is 0 Å². The number of halogens is 5. The molecule has 96 valence electrons. The highest BCUT2D eigenvalue weighted by Crippen LogP contribution is 2.40. The number of rotatable bonds is 6. The molecule has 0 aromatic rings. The Balaban J connectivity index is 2.44. The van der Waals surface area contributed by atoms with E-state index >= 15 is 0 Å². The van der Waals surface area contributed by atoms with Crippen LogP contribution in [-0.4, -0.2) is 38.0 Å². The molecule has 1 aliphatic rings. The van der Waals surface area contributed by atoms with Gasteiger partial charge in [-0.3, -0.25) is 0 Å². The van der Waals surface area contributed by atoms with Crippen LogP contribution in [0.5, 0.6) is 0 Å². The molecule has 1 fully saturated rings. The molecule has 0 saturated carbocycles. The van der Waals surface area contributed by atoms with E-state index in [4.69, 9.17) is 0 Å². The van der Waals surface area contributed by atoms with Gasteiger partial charge in [-0.15, -0.1) is 0 Å². The summed E-state index contributed by atoms with van der Waals surface area (Å²) in [5, 5.41) is 0. The van der Waals surface area contributed by atoms with Crippen molar-refractivity contribution in [2.45, 2.75) is 31.5 Å². The highest BCUT2D eigenvalue weighted by molar-refractivity contribution is 4.82. The van der Waals surface area contributed by atoms with Crippen molar-refractivity contribution in [1.29, 1.82) is 0 Å². The fourth-order valence-corrected chi connectivity index (χ4v) is 1.36. The molecule has 0 N–H and O–H groups in total. The minimum absolute atomic E-state index is 0.0795. The van der Waals surface area contributed by atoms with Gasteiger partial charge in [0.05, 0.1) is 13.2 Å². The number of hydrogen-bond donors (Lipinski definition) is 0. The van der Waals surface area contributed by atoms with Crippen molar-refractivity contribution in [1.82, 2.24) is 0 Å². The Kier molecular flexibility index (Phi) is 4.12. The van der Waals surface area contributed by atoms with Crippen molar-refractivity contribution in [3.8, 4) is 0 Å². The van der Waals surface area contributed by atoms with E-state index in [0.717, 1.165) is 6.92 Å². The minimum atomic E-state index is -4.91. The van der Waals surface area contributed by atoms with Crippen LogP contribution in [-0.2, 0) is 9.47 Å². The predicted molar refractivity (Wildman–Crippen MR) is 45.3 cm³/mol. The fourth-order valence-electron chi connectivity index (χ4n) is 1.36. The van der Waals surface area contributed by atoms with Gasteiger partial charge < -0.3 is 9.47 Å². The van der Waals surface area contributed by atoms with Crippen molar-refractivity contribution < 1.29 is 31.4 Å². The molecule has 1 rings (SSSR count). The summed E-state index contributed by atoms with van der Waals surface area (Å²) < 4.78 is 72.3. The maximum atomic E-state index is 13.2. The molecule has 1 aliphatic heterocycles. The third-order valence-electron chi connectivity index (χ3n) is 2.31.